The molecule has 3 heterocycles. The van der Waals surface area contributed by atoms with Crippen LogP contribution in [0.4, 0.5) is 11.4 Å². The van der Waals surface area contributed by atoms with Gasteiger partial charge in [0.1, 0.15) is 35.9 Å². The third-order valence-electron chi connectivity index (χ3n) is 12.5. The lowest BCUT2D eigenvalue weighted by molar-refractivity contribution is -0.265. The van der Waals surface area contributed by atoms with E-state index in [-0.39, 0.29) is 52.9 Å². The average molecular weight is 776 g/mol. The van der Waals surface area contributed by atoms with Gasteiger partial charge in [-0.1, -0.05) is 48.5 Å². The molecular weight excluding hydrogens is 735 g/mol. The van der Waals surface area contributed by atoms with Gasteiger partial charge in [0.05, 0.1) is 16.8 Å². The summed E-state index contributed by atoms with van der Waals surface area (Å²) in [7, 11) is 0. The predicted molar refractivity (Wildman–Crippen MR) is 203 cm³/mol. The van der Waals surface area contributed by atoms with Gasteiger partial charge in [0, 0.05) is 66.0 Å². The molecule has 3 aliphatic heterocycles. The van der Waals surface area contributed by atoms with Crippen molar-refractivity contribution in [3.8, 4) is 11.5 Å². The average Bonchev–Trinajstić information content (AvgIpc) is 3.71. The number of phenols is 1. The quantitative estimate of drug-likeness (QED) is 0.180. The molecule has 0 aromatic heterocycles. The van der Waals surface area contributed by atoms with Crippen LogP contribution in [0.1, 0.15) is 55.6 Å². The van der Waals surface area contributed by atoms with Gasteiger partial charge in [-0.05, 0) is 53.5 Å². The Balaban J connectivity index is 0.959. The van der Waals surface area contributed by atoms with Gasteiger partial charge in [-0.3, -0.25) is 14.4 Å². The number of phenolic OH excluding ortho intramolecular Hbond substituents is 1. The van der Waals surface area contributed by atoms with Gasteiger partial charge in [0.15, 0.2) is 5.78 Å². The molecule has 3 aliphatic carbocycles. The Morgan fingerprint density at radius 2 is 1.35 bits per heavy atom. The first kappa shape index (κ1) is 35.7. The molecule has 2 bridgehead atoms. The number of aliphatic hydroxyl groups excluding tert-OH is 3. The Bertz CT molecular complexity index is 2230. The van der Waals surface area contributed by atoms with Crippen LogP contribution >= 0.6 is 23.2 Å². The number of ether oxygens (including phenoxy) is 2. The van der Waals surface area contributed by atoms with E-state index >= 15 is 0 Å². The monoisotopic (exact) mass is 774 g/mol. The normalized spacial score (nSPS) is 32.2. The van der Waals surface area contributed by atoms with Crippen LogP contribution in [0.25, 0.3) is 21.5 Å². The van der Waals surface area contributed by atoms with Gasteiger partial charge in [0.25, 0.3) is 0 Å². The Morgan fingerprint density at radius 3 is 1.96 bits per heavy atom. The lowest BCUT2D eigenvalue weighted by Crippen LogP contribution is -2.69. The van der Waals surface area contributed by atoms with E-state index in [0.29, 0.717) is 55.0 Å². The van der Waals surface area contributed by atoms with Gasteiger partial charge in [-0.25, -0.2) is 0 Å². The summed E-state index contributed by atoms with van der Waals surface area (Å²) >= 11 is 13.0. The second-order valence-corrected chi connectivity index (χ2v) is 16.6. The molecule has 54 heavy (non-hydrogen) atoms. The highest BCUT2D eigenvalue weighted by Crippen LogP contribution is 2.76. The summed E-state index contributed by atoms with van der Waals surface area (Å²) in [5, 5.41) is 45.6. The zero-order valence-electron chi connectivity index (χ0n) is 29.5. The maximum absolute atomic E-state index is 14.3. The van der Waals surface area contributed by atoms with Crippen LogP contribution in [-0.2, 0) is 19.1 Å². The molecule has 0 radical (unpaired) electrons. The van der Waals surface area contributed by atoms with Gasteiger partial charge in [-0.2, -0.15) is 0 Å². The van der Waals surface area contributed by atoms with Crippen molar-refractivity contribution in [1.82, 2.24) is 0 Å². The van der Waals surface area contributed by atoms with Crippen LogP contribution in [0.2, 0.25) is 0 Å². The lowest BCUT2D eigenvalue weighted by Gasteiger charge is -2.70. The summed E-state index contributed by atoms with van der Waals surface area (Å²) < 4.78 is 11.8. The summed E-state index contributed by atoms with van der Waals surface area (Å²) in [6.07, 6.45) is -5.82. The van der Waals surface area contributed by atoms with E-state index in [9.17, 15) is 34.8 Å². The molecule has 4 N–H and O–H groups in total. The van der Waals surface area contributed by atoms with E-state index in [2.05, 4.69) is 0 Å². The number of Topliss-reactive ketones (excluding diaryl/α,β-unsaturated/α-hetero) is 1. The number of rotatable bonds is 8. The van der Waals surface area contributed by atoms with Crippen LogP contribution in [0, 0.1) is 10.8 Å². The second-order valence-electron chi connectivity index (χ2n) is 16.0. The summed E-state index contributed by atoms with van der Waals surface area (Å²) in [5.41, 5.74) is 2.33. The molecule has 13 heteroatoms. The van der Waals surface area contributed by atoms with E-state index < -0.39 is 41.9 Å². The number of carbonyl (C=O) groups excluding carboxylic acids is 3. The molecule has 2 amide bonds. The number of amides is 2. The first-order valence-corrected chi connectivity index (χ1v) is 19.4. The number of aliphatic hydroxyl groups is 3. The fourth-order valence-corrected chi connectivity index (χ4v) is 10.6. The van der Waals surface area contributed by atoms with Crippen molar-refractivity contribution < 1.29 is 44.3 Å². The Labute approximate surface area is 321 Å². The van der Waals surface area contributed by atoms with Crippen molar-refractivity contribution >= 4 is 73.7 Å². The molecular formula is C41H40Cl2N2O9. The number of halogens is 2. The molecule has 282 valence electrons. The number of aromatic hydroxyl groups is 1. The number of ketones is 1. The van der Waals surface area contributed by atoms with Crippen molar-refractivity contribution in [2.45, 2.75) is 75.1 Å². The van der Waals surface area contributed by atoms with Crippen molar-refractivity contribution in [3.63, 3.8) is 0 Å². The first-order chi connectivity index (χ1) is 25.9. The molecule has 4 aromatic carbocycles. The molecule has 7 atom stereocenters. The van der Waals surface area contributed by atoms with E-state index in [1.54, 1.807) is 21.9 Å². The standard InChI is InChI=1S/C41H40Cl2N2O9/c1-20(46)37-35(50)34(49)36(51)38(54-37)53-30-11-28-33(26-9-5-3-7-24(26)30)21(13-42)15-44(28)31(48)12-40-17-41(18-40,19-40)39(52)45-16-22(14-43)32-25-8-4-2-6-23(25)29(47)10-27(32)45/h2-11,21-22,34-38,47,49-51H,12-19H2,1H3. The largest absolute Gasteiger partial charge is 0.507 e. The third-order valence-corrected chi connectivity index (χ3v) is 13.3. The summed E-state index contributed by atoms with van der Waals surface area (Å²) in [6.45, 7) is 2.02. The van der Waals surface area contributed by atoms with Gasteiger partial charge >= 0.3 is 0 Å². The Kier molecular flexibility index (Phi) is 8.46. The summed E-state index contributed by atoms with van der Waals surface area (Å²) in [5.74, 6) is 0.160. The van der Waals surface area contributed by atoms with E-state index in [1.807, 2.05) is 48.5 Å². The van der Waals surface area contributed by atoms with Crippen LogP contribution < -0.4 is 14.5 Å². The van der Waals surface area contributed by atoms with Gasteiger partial charge in [0.2, 0.25) is 18.1 Å². The van der Waals surface area contributed by atoms with Gasteiger partial charge < -0.3 is 39.7 Å². The van der Waals surface area contributed by atoms with Gasteiger partial charge in [-0.15, -0.1) is 23.2 Å². The van der Waals surface area contributed by atoms with E-state index in [0.717, 1.165) is 27.3 Å². The summed E-state index contributed by atoms with van der Waals surface area (Å²) in [6, 6.07) is 18.4. The highest BCUT2D eigenvalue weighted by atomic mass is 35.5. The number of benzene rings is 4. The van der Waals surface area contributed by atoms with Crippen LogP contribution in [0.15, 0.2) is 60.7 Å². The van der Waals surface area contributed by atoms with Crippen molar-refractivity contribution in [2.24, 2.45) is 10.8 Å². The SMILES string of the molecule is CC(=O)C1OC(Oc2cc3c(c4ccccc24)C(CCl)CN3C(=O)CC23CC(C(=O)N4CC(CCl)c5c4cc(O)c4ccccc54)(C2)C3)C(O)C(O)C1O. The fraction of sp³-hybridized carbons (Fsp3) is 0.439. The highest BCUT2D eigenvalue weighted by molar-refractivity contribution is 6.19. The number of hydrogen-bond acceptors (Lipinski definition) is 9. The van der Waals surface area contributed by atoms with Crippen molar-refractivity contribution in [3.05, 3.63) is 71.8 Å². The Hall–Kier alpha value is -3.97. The molecule has 11 nitrogen and oxygen atoms in total. The van der Waals surface area contributed by atoms with Crippen LogP contribution in [0.3, 0.4) is 0 Å². The molecule has 4 fully saturated rings. The molecule has 3 saturated carbocycles. The zero-order chi connectivity index (χ0) is 37.8. The number of nitrogens with zero attached hydrogens (tertiary/aromatic N) is 2. The smallest absolute Gasteiger partial charge is 0.233 e. The predicted octanol–water partition coefficient (Wildman–Crippen LogP) is 5.07. The number of fused-ring (bicyclic) bond motifs is 6. The minimum absolute atomic E-state index is 0.0131. The minimum Gasteiger partial charge on any atom is -0.507 e. The first-order valence-electron chi connectivity index (χ1n) is 18.3. The van der Waals surface area contributed by atoms with Crippen LogP contribution in [0.5, 0.6) is 11.5 Å². The number of carbonyl (C=O) groups is 3. The molecule has 4 aromatic rings. The maximum atomic E-state index is 14.3. The highest BCUT2D eigenvalue weighted by Gasteiger charge is 2.72. The molecule has 10 rings (SSSR count). The topological polar surface area (TPSA) is 157 Å². The molecule has 1 saturated heterocycles. The summed E-state index contributed by atoms with van der Waals surface area (Å²) in [4.78, 5) is 44.2. The van der Waals surface area contributed by atoms with E-state index in [1.165, 1.54) is 6.92 Å². The molecule has 0 spiro atoms. The maximum Gasteiger partial charge on any atom is 0.233 e. The van der Waals surface area contributed by atoms with E-state index in [4.69, 9.17) is 32.7 Å². The Morgan fingerprint density at radius 1 is 0.796 bits per heavy atom. The fourth-order valence-electron chi connectivity index (χ4n) is 10.1. The lowest BCUT2D eigenvalue weighted by atomic mass is 9.34. The zero-order valence-corrected chi connectivity index (χ0v) is 31.0. The number of hydrogen-bond donors (Lipinski definition) is 4. The van der Waals surface area contributed by atoms with Crippen LogP contribution in [-0.4, -0.2) is 93.6 Å². The van der Waals surface area contributed by atoms with Crippen molar-refractivity contribution in [1.29, 1.82) is 0 Å². The molecule has 6 aliphatic rings. The second kappa shape index (κ2) is 12.8. The number of anilines is 2. The molecule has 7 unspecified atom stereocenters. The minimum atomic E-state index is -1.69. The number of alkyl halides is 2. The van der Waals surface area contributed by atoms with Crippen molar-refractivity contribution in [2.75, 3.05) is 34.6 Å². The third kappa shape index (κ3) is 5.19.